The van der Waals surface area contributed by atoms with Crippen LogP contribution in [-0.4, -0.2) is 40.9 Å². The van der Waals surface area contributed by atoms with Crippen LogP contribution < -0.4 is 10.9 Å². The second-order valence-electron chi connectivity index (χ2n) is 3.74. The molecule has 1 aromatic heterocycles. The number of aromatic nitrogens is 2. The predicted octanol–water partition coefficient (Wildman–Crippen LogP) is 0.793. The Bertz CT molecular complexity index is 450. The van der Waals surface area contributed by atoms with Gasteiger partial charge < -0.3 is 15.0 Å². The van der Waals surface area contributed by atoms with Crippen LogP contribution >= 0.6 is 11.8 Å². The normalized spacial score (nSPS) is 12.1. The molecule has 0 aromatic carbocycles. The van der Waals surface area contributed by atoms with Gasteiger partial charge in [-0.2, -0.15) is 0 Å². The van der Waals surface area contributed by atoms with Crippen molar-refractivity contribution in [3.05, 3.63) is 22.6 Å². The number of nitrogens with one attached hydrogen (secondary N) is 2. The molecule has 1 rings (SSSR count). The van der Waals surface area contributed by atoms with E-state index in [1.807, 2.05) is 6.92 Å². The zero-order valence-electron chi connectivity index (χ0n) is 11.1. The molecule has 1 heterocycles. The number of rotatable bonds is 8. The van der Waals surface area contributed by atoms with Gasteiger partial charge in [-0.3, -0.25) is 9.59 Å². The van der Waals surface area contributed by atoms with Gasteiger partial charge in [0.1, 0.15) is 6.04 Å². The number of nitrogens with zero attached hydrogens (tertiary/aromatic N) is 1. The van der Waals surface area contributed by atoms with E-state index in [-0.39, 0.29) is 17.6 Å². The quantitative estimate of drug-likeness (QED) is 0.417. The Balaban J connectivity index is 2.43. The molecule has 0 aliphatic heterocycles. The number of aromatic amines is 1. The zero-order valence-corrected chi connectivity index (χ0v) is 12.0. The molecule has 0 fully saturated rings. The Morgan fingerprint density at radius 1 is 1.58 bits per heavy atom. The number of H-pyrrole nitrogens is 1. The van der Waals surface area contributed by atoms with Crippen LogP contribution in [0.4, 0.5) is 0 Å². The number of ether oxygens (including phenoxy) is 1. The lowest BCUT2D eigenvalue weighted by molar-refractivity contribution is -0.145. The van der Waals surface area contributed by atoms with Crippen LogP contribution in [0.1, 0.15) is 20.3 Å². The second kappa shape index (κ2) is 8.71. The zero-order chi connectivity index (χ0) is 14.1. The highest BCUT2D eigenvalue weighted by Crippen LogP contribution is 2.13. The highest BCUT2D eigenvalue weighted by Gasteiger charge is 2.18. The highest BCUT2D eigenvalue weighted by atomic mass is 32.2. The van der Waals surface area contributed by atoms with Gasteiger partial charge in [-0.05, 0) is 19.9 Å². The molecule has 19 heavy (non-hydrogen) atoms. The number of hydrogen-bond acceptors (Lipinski definition) is 6. The fourth-order valence-electron chi connectivity index (χ4n) is 1.49. The summed E-state index contributed by atoms with van der Waals surface area (Å²) in [6.45, 7) is 4.81. The van der Waals surface area contributed by atoms with Crippen molar-refractivity contribution < 1.29 is 9.53 Å². The standard InChI is InChI=1S/C12H19N3O3S/c1-3-13-9(11(17)18-4-2)6-8-19-12-14-7-5-10(16)15-12/h5,7,9,13H,3-4,6,8H2,1-2H3,(H,14,15,16). The molecular weight excluding hydrogens is 266 g/mol. The molecule has 6 nitrogen and oxygen atoms in total. The molecule has 0 radical (unpaired) electrons. The van der Waals surface area contributed by atoms with Crippen LogP contribution in [0.5, 0.6) is 0 Å². The van der Waals surface area contributed by atoms with E-state index in [2.05, 4.69) is 15.3 Å². The van der Waals surface area contributed by atoms with Crippen LogP contribution in [0, 0.1) is 0 Å². The van der Waals surface area contributed by atoms with E-state index in [1.54, 1.807) is 6.92 Å². The van der Waals surface area contributed by atoms with Crippen molar-refractivity contribution in [1.29, 1.82) is 0 Å². The Morgan fingerprint density at radius 3 is 3.00 bits per heavy atom. The van der Waals surface area contributed by atoms with Gasteiger partial charge in [0.05, 0.1) is 6.61 Å². The molecule has 1 atom stereocenters. The first-order chi connectivity index (χ1) is 9.17. The Hall–Kier alpha value is -1.34. The first-order valence-corrected chi connectivity index (χ1v) is 7.24. The van der Waals surface area contributed by atoms with Crippen molar-refractivity contribution >= 4 is 17.7 Å². The molecule has 1 aromatic rings. The molecule has 0 aliphatic rings. The fraction of sp³-hybridized carbons (Fsp3) is 0.583. The van der Waals surface area contributed by atoms with Crippen molar-refractivity contribution in [3.8, 4) is 0 Å². The van der Waals surface area contributed by atoms with E-state index in [9.17, 15) is 9.59 Å². The number of carbonyl (C=O) groups excluding carboxylic acids is 1. The van der Waals surface area contributed by atoms with Crippen LogP contribution in [0.2, 0.25) is 0 Å². The summed E-state index contributed by atoms with van der Waals surface area (Å²) in [5, 5.41) is 3.65. The second-order valence-corrected chi connectivity index (χ2v) is 4.82. The first kappa shape index (κ1) is 15.7. The van der Waals surface area contributed by atoms with Gasteiger partial charge in [0.15, 0.2) is 5.16 Å². The number of esters is 1. The maximum Gasteiger partial charge on any atom is 0.323 e. The third kappa shape index (κ3) is 5.89. The van der Waals surface area contributed by atoms with E-state index in [1.165, 1.54) is 24.0 Å². The number of carbonyl (C=O) groups is 1. The smallest absolute Gasteiger partial charge is 0.323 e. The minimum absolute atomic E-state index is 0.175. The van der Waals surface area contributed by atoms with E-state index < -0.39 is 0 Å². The summed E-state index contributed by atoms with van der Waals surface area (Å²) in [7, 11) is 0. The first-order valence-electron chi connectivity index (χ1n) is 6.25. The molecule has 7 heteroatoms. The van der Waals surface area contributed by atoms with Crippen molar-refractivity contribution in [2.45, 2.75) is 31.5 Å². The minimum Gasteiger partial charge on any atom is -0.465 e. The molecule has 0 bridgehead atoms. The predicted molar refractivity (Wildman–Crippen MR) is 74.3 cm³/mol. The van der Waals surface area contributed by atoms with Crippen molar-refractivity contribution in [3.63, 3.8) is 0 Å². The maximum atomic E-state index is 11.7. The minimum atomic E-state index is -0.312. The number of hydrogen-bond donors (Lipinski definition) is 2. The largest absolute Gasteiger partial charge is 0.465 e. The van der Waals surface area contributed by atoms with Crippen LogP contribution in [0.3, 0.4) is 0 Å². The lowest BCUT2D eigenvalue weighted by atomic mass is 10.2. The van der Waals surface area contributed by atoms with Crippen LogP contribution in [0.25, 0.3) is 0 Å². The third-order valence-electron chi connectivity index (χ3n) is 2.31. The molecule has 0 spiro atoms. The van der Waals surface area contributed by atoms with Gasteiger partial charge in [-0.1, -0.05) is 18.7 Å². The molecular formula is C12H19N3O3S. The van der Waals surface area contributed by atoms with E-state index in [4.69, 9.17) is 4.74 Å². The van der Waals surface area contributed by atoms with Gasteiger partial charge in [0.25, 0.3) is 5.56 Å². The van der Waals surface area contributed by atoms with Gasteiger partial charge in [0, 0.05) is 18.0 Å². The monoisotopic (exact) mass is 285 g/mol. The molecule has 0 amide bonds. The third-order valence-corrected chi connectivity index (χ3v) is 3.24. The van der Waals surface area contributed by atoms with Crippen molar-refractivity contribution in [2.75, 3.05) is 18.9 Å². The molecule has 106 valence electrons. The summed E-state index contributed by atoms with van der Waals surface area (Å²) >= 11 is 1.41. The Labute approximate surface area is 116 Å². The molecule has 1 unspecified atom stereocenters. The van der Waals surface area contributed by atoms with Crippen LogP contribution in [0.15, 0.2) is 22.2 Å². The van der Waals surface area contributed by atoms with E-state index in [0.717, 1.165) is 0 Å². The SMILES string of the molecule is CCNC(CCSc1nccc(=O)[nH]1)C(=O)OCC. The lowest BCUT2D eigenvalue weighted by Gasteiger charge is -2.15. The van der Waals surface area contributed by atoms with E-state index in [0.29, 0.717) is 30.5 Å². The average Bonchev–Trinajstić information content (AvgIpc) is 2.38. The number of likely N-dealkylation sites (N-methyl/N-ethyl adjacent to an activating group) is 1. The van der Waals surface area contributed by atoms with Gasteiger partial charge in [-0.25, -0.2) is 4.98 Å². The van der Waals surface area contributed by atoms with E-state index >= 15 is 0 Å². The summed E-state index contributed by atoms with van der Waals surface area (Å²) in [6.07, 6.45) is 2.09. The van der Waals surface area contributed by atoms with Gasteiger partial charge >= 0.3 is 5.97 Å². The Morgan fingerprint density at radius 2 is 2.37 bits per heavy atom. The summed E-state index contributed by atoms with van der Waals surface area (Å²) < 4.78 is 4.99. The molecule has 2 N–H and O–H groups in total. The average molecular weight is 285 g/mol. The topological polar surface area (TPSA) is 84.1 Å². The fourth-order valence-corrected chi connectivity index (χ4v) is 2.35. The van der Waals surface area contributed by atoms with Crippen molar-refractivity contribution in [2.24, 2.45) is 0 Å². The summed E-state index contributed by atoms with van der Waals surface area (Å²) in [5.41, 5.74) is -0.175. The highest BCUT2D eigenvalue weighted by molar-refractivity contribution is 7.99. The lowest BCUT2D eigenvalue weighted by Crippen LogP contribution is -2.38. The van der Waals surface area contributed by atoms with Crippen LogP contribution in [-0.2, 0) is 9.53 Å². The van der Waals surface area contributed by atoms with Gasteiger partial charge in [0.2, 0.25) is 0 Å². The molecule has 0 saturated carbocycles. The Kier molecular flexibility index (Phi) is 7.20. The number of thioether (sulfide) groups is 1. The summed E-state index contributed by atoms with van der Waals surface area (Å²) in [5.74, 6) is 0.433. The molecule has 0 saturated heterocycles. The molecule has 0 aliphatic carbocycles. The maximum absolute atomic E-state index is 11.7. The summed E-state index contributed by atoms with van der Waals surface area (Å²) in [4.78, 5) is 29.4. The summed E-state index contributed by atoms with van der Waals surface area (Å²) in [6, 6.07) is 1.05. The van der Waals surface area contributed by atoms with Gasteiger partial charge in [-0.15, -0.1) is 0 Å². The van der Waals surface area contributed by atoms with Crippen molar-refractivity contribution in [1.82, 2.24) is 15.3 Å².